The summed E-state index contributed by atoms with van der Waals surface area (Å²) in [5.74, 6) is 0.901. The third-order valence-corrected chi connectivity index (χ3v) is 8.95. The minimum absolute atomic E-state index is 0.0844. The molecule has 0 aromatic heterocycles. The minimum atomic E-state index is -1.98. The van der Waals surface area contributed by atoms with E-state index in [0.717, 1.165) is 19.3 Å². The van der Waals surface area contributed by atoms with Gasteiger partial charge in [-0.05, 0) is 55.6 Å². The van der Waals surface area contributed by atoms with Gasteiger partial charge in [-0.15, -0.1) is 6.58 Å². The summed E-state index contributed by atoms with van der Waals surface area (Å²) in [5.41, 5.74) is 0.475. The van der Waals surface area contributed by atoms with Crippen molar-refractivity contribution in [3.05, 3.63) is 36.4 Å². The van der Waals surface area contributed by atoms with E-state index in [9.17, 15) is 4.79 Å². The zero-order valence-electron chi connectivity index (χ0n) is 16.5. The Labute approximate surface area is 153 Å². The number of unbranched alkanes of at least 4 members (excludes halogenated alkanes) is 2. The highest BCUT2D eigenvalue weighted by Gasteiger charge is 2.39. The second-order valence-electron chi connectivity index (χ2n) is 7.65. The quantitative estimate of drug-likeness (QED) is 0.248. The fourth-order valence-corrected chi connectivity index (χ4v) is 2.97. The molecule has 5 heteroatoms. The van der Waals surface area contributed by atoms with Gasteiger partial charge in [-0.3, -0.25) is 0 Å². The molecule has 1 aromatic rings. The third kappa shape index (κ3) is 6.23. The predicted octanol–water partition coefficient (Wildman–Crippen LogP) is 5.59. The minimum Gasteiger partial charge on any atom is -0.541 e. The van der Waals surface area contributed by atoms with Gasteiger partial charge in [-0.2, -0.15) is 0 Å². The molecule has 0 atom stereocenters. The Morgan fingerprint density at radius 1 is 1.20 bits per heavy atom. The number of methoxy groups -OCH3 is 1. The molecule has 0 saturated heterocycles. The first-order valence-corrected chi connectivity index (χ1v) is 11.7. The lowest BCUT2D eigenvalue weighted by molar-refractivity contribution is 0.0498. The van der Waals surface area contributed by atoms with Gasteiger partial charge in [0.05, 0.1) is 19.3 Å². The summed E-state index contributed by atoms with van der Waals surface area (Å²) >= 11 is 0. The summed E-state index contributed by atoms with van der Waals surface area (Å²) < 4.78 is 17.0. The maximum absolute atomic E-state index is 12.2. The van der Waals surface area contributed by atoms with Crippen molar-refractivity contribution in [2.75, 3.05) is 13.7 Å². The number of ether oxygens (including phenoxy) is 2. The Morgan fingerprint density at radius 2 is 1.88 bits per heavy atom. The molecule has 0 aliphatic rings. The molecule has 0 fully saturated rings. The van der Waals surface area contributed by atoms with Crippen molar-refractivity contribution in [1.82, 2.24) is 0 Å². The maximum atomic E-state index is 12.2. The Kier molecular flexibility index (Phi) is 7.74. The van der Waals surface area contributed by atoms with E-state index in [1.807, 2.05) is 6.08 Å². The second-order valence-corrected chi connectivity index (χ2v) is 12.4. The fraction of sp³-hybridized carbons (Fsp3) is 0.550. The first-order chi connectivity index (χ1) is 11.6. The number of rotatable bonds is 9. The van der Waals surface area contributed by atoms with Gasteiger partial charge >= 0.3 is 5.97 Å². The number of allylic oxidation sites excluding steroid dienone is 1. The van der Waals surface area contributed by atoms with Crippen molar-refractivity contribution < 1.29 is 18.7 Å². The van der Waals surface area contributed by atoms with E-state index in [0.29, 0.717) is 23.7 Å². The highest BCUT2D eigenvalue weighted by Crippen LogP contribution is 2.40. The van der Waals surface area contributed by atoms with Gasteiger partial charge in [0.25, 0.3) is 8.32 Å². The lowest BCUT2D eigenvalue weighted by Crippen LogP contribution is -2.43. The Balaban J connectivity index is 2.81. The molecule has 0 saturated carbocycles. The molecule has 4 nitrogen and oxygen atoms in total. The molecule has 0 N–H and O–H groups in total. The molecule has 1 rings (SSSR count). The van der Waals surface area contributed by atoms with Gasteiger partial charge in [-0.25, -0.2) is 4.79 Å². The van der Waals surface area contributed by atoms with Gasteiger partial charge in [0.1, 0.15) is 5.75 Å². The number of hydrogen-bond acceptors (Lipinski definition) is 4. The van der Waals surface area contributed by atoms with Crippen LogP contribution in [0, 0.1) is 0 Å². The van der Waals surface area contributed by atoms with Crippen LogP contribution in [-0.2, 0) is 4.74 Å². The Morgan fingerprint density at radius 3 is 2.44 bits per heavy atom. The number of hydrogen-bond donors (Lipinski definition) is 0. The molecular formula is C20H32O4Si. The van der Waals surface area contributed by atoms with Crippen LogP contribution >= 0.6 is 0 Å². The van der Waals surface area contributed by atoms with Crippen LogP contribution < -0.4 is 9.16 Å². The van der Waals surface area contributed by atoms with Crippen LogP contribution in [0.1, 0.15) is 50.4 Å². The molecule has 0 radical (unpaired) electrons. The van der Waals surface area contributed by atoms with Crippen LogP contribution in [0.4, 0.5) is 0 Å². The average Bonchev–Trinajstić information content (AvgIpc) is 2.53. The molecule has 25 heavy (non-hydrogen) atoms. The summed E-state index contributed by atoms with van der Waals surface area (Å²) in [7, 11) is -0.394. The van der Waals surface area contributed by atoms with Gasteiger partial charge in [0.2, 0.25) is 0 Å². The summed E-state index contributed by atoms with van der Waals surface area (Å²) in [6, 6.07) is 5.22. The van der Waals surface area contributed by atoms with Gasteiger partial charge in [0.15, 0.2) is 5.75 Å². The van der Waals surface area contributed by atoms with Crippen molar-refractivity contribution in [2.45, 2.75) is 58.2 Å². The highest BCUT2D eigenvalue weighted by molar-refractivity contribution is 6.74. The van der Waals surface area contributed by atoms with Crippen LogP contribution in [-0.4, -0.2) is 28.0 Å². The number of benzene rings is 1. The molecule has 0 aliphatic carbocycles. The van der Waals surface area contributed by atoms with E-state index in [1.165, 1.54) is 0 Å². The largest absolute Gasteiger partial charge is 0.541 e. The summed E-state index contributed by atoms with van der Waals surface area (Å²) in [4.78, 5) is 12.2. The van der Waals surface area contributed by atoms with Crippen LogP contribution in [0.25, 0.3) is 0 Å². The topological polar surface area (TPSA) is 44.8 Å². The Bertz CT molecular complexity index is 588. The summed E-state index contributed by atoms with van der Waals surface area (Å²) in [6.45, 7) is 15.0. The molecular weight excluding hydrogens is 332 g/mol. The van der Waals surface area contributed by atoms with Crippen LogP contribution in [0.15, 0.2) is 30.9 Å². The predicted molar refractivity (Wildman–Crippen MR) is 105 cm³/mol. The van der Waals surface area contributed by atoms with Crippen LogP contribution in [0.5, 0.6) is 11.5 Å². The van der Waals surface area contributed by atoms with Crippen molar-refractivity contribution in [3.8, 4) is 11.5 Å². The number of esters is 1. The molecule has 0 spiro atoms. The van der Waals surface area contributed by atoms with Crippen molar-refractivity contribution in [2.24, 2.45) is 0 Å². The van der Waals surface area contributed by atoms with Crippen molar-refractivity contribution in [1.29, 1.82) is 0 Å². The van der Waals surface area contributed by atoms with E-state index in [1.54, 1.807) is 25.3 Å². The monoisotopic (exact) mass is 364 g/mol. The standard InChI is InChI=1S/C20H32O4Si/c1-8-9-10-11-14-23-19(21)16-12-13-17(18(15-16)22-5)24-25(6,7)20(2,3)4/h8,12-13,15H,1,9-11,14H2,2-7H3. The molecule has 0 bridgehead atoms. The average molecular weight is 365 g/mol. The van der Waals surface area contributed by atoms with Crippen molar-refractivity contribution in [3.63, 3.8) is 0 Å². The SMILES string of the molecule is C=CCCCCOC(=O)c1ccc(O[Si](C)(C)C(C)(C)C)c(OC)c1. The van der Waals surface area contributed by atoms with E-state index in [4.69, 9.17) is 13.9 Å². The molecule has 0 aliphatic heterocycles. The van der Waals surface area contributed by atoms with E-state index >= 15 is 0 Å². The molecule has 0 unspecified atom stereocenters. The zero-order valence-corrected chi connectivity index (χ0v) is 17.5. The highest BCUT2D eigenvalue weighted by atomic mass is 28.4. The molecule has 0 amide bonds. The second kappa shape index (κ2) is 9.09. The fourth-order valence-electron chi connectivity index (χ4n) is 1.95. The lowest BCUT2D eigenvalue weighted by Gasteiger charge is -2.36. The molecule has 1 aromatic carbocycles. The van der Waals surface area contributed by atoms with Gasteiger partial charge in [0, 0.05) is 0 Å². The molecule has 0 heterocycles. The lowest BCUT2D eigenvalue weighted by atomic mass is 10.2. The first kappa shape index (κ1) is 21.3. The maximum Gasteiger partial charge on any atom is 0.338 e. The smallest absolute Gasteiger partial charge is 0.338 e. The normalized spacial score (nSPS) is 11.8. The summed E-state index contributed by atoms with van der Waals surface area (Å²) in [6.07, 6.45) is 4.61. The first-order valence-electron chi connectivity index (χ1n) is 8.77. The van der Waals surface area contributed by atoms with E-state index < -0.39 is 8.32 Å². The number of carbonyl (C=O) groups is 1. The van der Waals surface area contributed by atoms with Crippen LogP contribution in [0.3, 0.4) is 0 Å². The number of carbonyl (C=O) groups excluding carboxylic acids is 1. The van der Waals surface area contributed by atoms with E-state index in [2.05, 4.69) is 40.4 Å². The van der Waals surface area contributed by atoms with Crippen LogP contribution in [0.2, 0.25) is 18.1 Å². The van der Waals surface area contributed by atoms with Gasteiger partial charge in [-0.1, -0.05) is 26.8 Å². The Hall–Kier alpha value is -1.75. The van der Waals surface area contributed by atoms with Gasteiger partial charge < -0.3 is 13.9 Å². The van der Waals surface area contributed by atoms with Crippen molar-refractivity contribution >= 4 is 14.3 Å². The molecule has 140 valence electrons. The van der Waals surface area contributed by atoms with E-state index in [-0.39, 0.29) is 11.0 Å². The summed E-state index contributed by atoms with van der Waals surface area (Å²) in [5, 5.41) is 0.0844. The zero-order chi connectivity index (χ0) is 19.1. The third-order valence-electron chi connectivity index (χ3n) is 4.61.